The highest BCUT2D eigenvalue weighted by Gasteiger charge is 2.44. The van der Waals surface area contributed by atoms with Gasteiger partial charge in [0.15, 0.2) is 0 Å². The normalized spacial score (nSPS) is 25.0. The SMILES string of the molecule is CC(C)(C)OC(=O)N1CCC(C(=O)N2C[C@@H]3C[C@H]2c2ccccc2O3)CC1. The number of rotatable bonds is 1. The van der Waals surface area contributed by atoms with Crippen LogP contribution >= 0.6 is 0 Å². The molecule has 146 valence electrons. The Kier molecular flexibility index (Phi) is 4.52. The molecule has 0 radical (unpaired) electrons. The number of piperidine rings is 1. The summed E-state index contributed by atoms with van der Waals surface area (Å²) >= 11 is 0. The van der Waals surface area contributed by atoms with E-state index in [4.69, 9.17) is 9.47 Å². The van der Waals surface area contributed by atoms with E-state index in [1.165, 1.54) is 0 Å². The summed E-state index contributed by atoms with van der Waals surface area (Å²) in [7, 11) is 0. The molecule has 6 heteroatoms. The lowest BCUT2D eigenvalue weighted by Gasteiger charge is -2.35. The van der Waals surface area contributed by atoms with Gasteiger partial charge >= 0.3 is 6.09 Å². The number of carbonyl (C=O) groups excluding carboxylic acids is 2. The van der Waals surface area contributed by atoms with E-state index in [9.17, 15) is 9.59 Å². The second-order valence-corrected chi connectivity index (χ2v) is 8.76. The Labute approximate surface area is 160 Å². The van der Waals surface area contributed by atoms with Crippen molar-refractivity contribution in [3.8, 4) is 5.75 Å². The molecule has 0 aromatic heterocycles. The summed E-state index contributed by atoms with van der Waals surface area (Å²) < 4.78 is 11.5. The van der Waals surface area contributed by atoms with Crippen molar-refractivity contribution >= 4 is 12.0 Å². The van der Waals surface area contributed by atoms with E-state index in [0.29, 0.717) is 32.5 Å². The van der Waals surface area contributed by atoms with Crippen molar-refractivity contribution in [3.05, 3.63) is 29.8 Å². The van der Waals surface area contributed by atoms with Gasteiger partial charge in [0.1, 0.15) is 17.5 Å². The number of fused-ring (bicyclic) bond motifs is 4. The molecule has 0 saturated carbocycles. The molecule has 0 aliphatic carbocycles. The number of carbonyl (C=O) groups is 2. The Balaban J connectivity index is 1.39. The number of likely N-dealkylation sites (tertiary alicyclic amines) is 2. The van der Waals surface area contributed by atoms with Crippen LogP contribution in [-0.2, 0) is 9.53 Å². The highest BCUT2D eigenvalue weighted by Crippen LogP contribution is 2.44. The standard InChI is InChI=1S/C21H28N2O4/c1-21(2,3)27-20(25)22-10-8-14(9-11-22)19(24)23-13-15-12-17(23)16-6-4-5-7-18(16)26-15/h4-7,14-15,17H,8-13H2,1-3H3/t15-,17-/m0/s1. The molecule has 2 fully saturated rings. The van der Waals surface area contributed by atoms with Crippen LogP contribution in [0.15, 0.2) is 24.3 Å². The Hall–Kier alpha value is -2.24. The molecule has 2 atom stereocenters. The summed E-state index contributed by atoms with van der Waals surface area (Å²) in [6, 6.07) is 8.15. The minimum absolute atomic E-state index is 0.0322. The highest BCUT2D eigenvalue weighted by atomic mass is 16.6. The number of ether oxygens (including phenoxy) is 2. The van der Waals surface area contributed by atoms with Gasteiger partial charge < -0.3 is 19.3 Å². The summed E-state index contributed by atoms with van der Waals surface area (Å²) in [5.74, 6) is 1.08. The van der Waals surface area contributed by atoms with Crippen LogP contribution in [0.1, 0.15) is 51.6 Å². The summed E-state index contributed by atoms with van der Waals surface area (Å²) in [6.45, 7) is 7.40. The zero-order valence-electron chi connectivity index (χ0n) is 16.3. The average molecular weight is 372 g/mol. The van der Waals surface area contributed by atoms with E-state index in [2.05, 4.69) is 6.07 Å². The monoisotopic (exact) mass is 372 g/mol. The van der Waals surface area contributed by atoms with Crippen LogP contribution in [0.25, 0.3) is 0 Å². The summed E-state index contributed by atoms with van der Waals surface area (Å²) in [5.41, 5.74) is 0.621. The topological polar surface area (TPSA) is 59.1 Å². The van der Waals surface area contributed by atoms with Gasteiger partial charge in [0.25, 0.3) is 0 Å². The highest BCUT2D eigenvalue weighted by molar-refractivity contribution is 5.80. The van der Waals surface area contributed by atoms with E-state index in [1.807, 2.05) is 43.9 Å². The summed E-state index contributed by atoms with van der Waals surface area (Å²) in [4.78, 5) is 29.1. The summed E-state index contributed by atoms with van der Waals surface area (Å²) in [6.07, 6.45) is 2.06. The maximum atomic E-state index is 13.2. The third kappa shape index (κ3) is 3.62. The zero-order valence-corrected chi connectivity index (χ0v) is 16.3. The number of nitrogens with zero attached hydrogens (tertiary/aromatic N) is 2. The van der Waals surface area contributed by atoms with Gasteiger partial charge in [-0.3, -0.25) is 4.79 Å². The van der Waals surface area contributed by atoms with Crippen molar-refractivity contribution in [2.75, 3.05) is 19.6 Å². The molecule has 0 spiro atoms. The Morgan fingerprint density at radius 1 is 1.15 bits per heavy atom. The van der Waals surface area contributed by atoms with Crippen molar-refractivity contribution in [3.63, 3.8) is 0 Å². The maximum absolute atomic E-state index is 13.2. The second-order valence-electron chi connectivity index (χ2n) is 8.76. The van der Waals surface area contributed by atoms with Gasteiger partial charge in [0.2, 0.25) is 5.91 Å². The lowest BCUT2D eigenvalue weighted by Crippen LogP contribution is -2.45. The molecule has 1 aromatic carbocycles. The van der Waals surface area contributed by atoms with Crippen LogP contribution in [0.5, 0.6) is 5.75 Å². The zero-order chi connectivity index (χ0) is 19.2. The Bertz CT molecular complexity index is 734. The predicted molar refractivity (Wildman–Crippen MR) is 100 cm³/mol. The first-order valence-corrected chi connectivity index (χ1v) is 9.86. The van der Waals surface area contributed by atoms with Crippen molar-refractivity contribution in [2.24, 2.45) is 5.92 Å². The van der Waals surface area contributed by atoms with E-state index >= 15 is 0 Å². The van der Waals surface area contributed by atoms with Gasteiger partial charge in [0.05, 0.1) is 12.6 Å². The largest absolute Gasteiger partial charge is 0.488 e. The van der Waals surface area contributed by atoms with Gasteiger partial charge in [-0.2, -0.15) is 0 Å². The number of amides is 2. The van der Waals surface area contributed by atoms with Crippen LogP contribution in [0.3, 0.4) is 0 Å². The molecule has 3 aliphatic heterocycles. The minimum Gasteiger partial charge on any atom is -0.488 e. The van der Waals surface area contributed by atoms with Crippen LogP contribution in [0.2, 0.25) is 0 Å². The molecular formula is C21H28N2O4. The molecule has 0 N–H and O–H groups in total. The fraction of sp³-hybridized carbons (Fsp3) is 0.619. The van der Waals surface area contributed by atoms with Crippen molar-refractivity contribution in [2.45, 2.75) is 57.8 Å². The Morgan fingerprint density at radius 3 is 2.56 bits per heavy atom. The van der Waals surface area contributed by atoms with Gasteiger partial charge in [-0.25, -0.2) is 4.79 Å². The average Bonchev–Trinajstić information content (AvgIpc) is 2.97. The van der Waals surface area contributed by atoms with Crippen LogP contribution < -0.4 is 4.74 Å². The lowest BCUT2D eigenvalue weighted by molar-refractivity contribution is -0.138. The van der Waals surface area contributed by atoms with Crippen LogP contribution in [-0.4, -0.2) is 53.1 Å². The minimum atomic E-state index is -0.496. The van der Waals surface area contributed by atoms with Gasteiger partial charge in [-0.15, -0.1) is 0 Å². The van der Waals surface area contributed by atoms with Crippen molar-refractivity contribution in [1.29, 1.82) is 0 Å². The quantitative estimate of drug-likeness (QED) is 0.758. The number of hydrogen-bond donors (Lipinski definition) is 0. The van der Waals surface area contributed by atoms with Crippen molar-refractivity contribution in [1.82, 2.24) is 9.80 Å². The third-order valence-corrected chi connectivity index (χ3v) is 5.61. The predicted octanol–water partition coefficient (Wildman–Crippen LogP) is 3.37. The first-order chi connectivity index (χ1) is 12.8. The van der Waals surface area contributed by atoms with Gasteiger partial charge in [-0.1, -0.05) is 18.2 Å². The molecule has 3 aliphatic rings. The maximum Gasteiger partial charge on any atom is 0.410 e. The molecular weight excluding hydrogens is 344 g/mol. The van der Waals surface area contributed by atoms with Crippen LogP contribution in [0, 0.1) is 5.92 Å². The second kappa shape index (κ2) is 6.73. The van der Waals surface area contributed by atoms with E-state index in [1.54, 1.807) is 4.90 Å². The molecule has 3 heterocycles. The smallest absolute Gasteiger partial charge is 0.410 e. The molecule has 2 bridgehead atoms. The summed E-state index contributed by atoms with van der Waals surface area (Å²) in [5, 5.41) is 0. The molecule has 0 unspecified atom stereocenters. The third-order valence-electron chi connectivity index (χ3n) is 5.61. The fourth-order valence-electron chi connectivity index (χ4n) is 4.33. The van der Waals surface area contributed by atoms with E-state index in [-0.39, 0.29) is 30.1 Å². The van der Waals surface area contributed by atoms with Gasteiger partial charge in [0, 0.05) is 31.0 Å². The molecule has 4 rings (SSSR count). The first-order valence-electron chi connectivity index (χ1n) is 9.86. The van der Waals surface area contributed by atoms with Gasteiger partial charge in [-0.05, 0) is 39.7 Å². The molecule has 2 amide bonds. The Morgan fingerprint density at radius 2 is 1.85 bits per heavy atom. The number of benzene rings is 1. The first kappa shape index (κ1) is 18.1. The fourth-order valence-corrected chi connectivity index (χ4v) is 4.33. The van der Waals surface area contributed by atoms with E-state index in [0.717, 1.165) is 17.7 Å². The lowest BCUT2D eigenvalue weighted by atomic mass is 9.94. The van der Waals surface area contributed by atoms with E-state index < -0.39 is 5.60 Å². The molecule has 1 aromatic rings. The number of para-hydroxylation sites is 1. The molecule has 6 nitrogen and oxygen atoms in total. The molecule has 27 heavy (non-hydrogen) atoms. The van der Waals surface area contributed by atoms with Crippen LogP contribution in [0.4, 0.5) is 4.79 Å². The van der Waals surface area contributed by atoms with Crippen molar-refractivity contribution < 1.29 is 19.1 Å². The molecule has 2 saturated heterocycles. The number of hydrogen-bond acceptors (Lipinski definition) is 4.